The number of carbonyl (C=O) groups excluding carboxylic acids is 1. The Balaban J connectivity index is 1.53. The van der Waals surface area contributed by atoms with Gasteiger partial charge in [-0.25, -0.2) is 0 Å². The van der Waals surface area contributed by atoms with Crippen molar-refractivity contribution in [2.75, 3.05) is 45.3 Å². The maximum Gasteiger partial charge on any atom is 0.196 e. The molecule has 1 fully saturated rings. The first-order chi connectivity index (χ1) is 17.6. The van der Waals surface area contributed by atoms with Crippen LogP contribution in [0.1, 0.15) is 27.0 Å². The van der Waals surface area contributed by atoms with Crippen LogP contribution in [0.5, 0.6) is 11.5 Å². The second kappa shape index (κ2) is 10.4. The zero-order chi connectivity index (χ0) is 25.1. The van der Waals surface area contributed by atoms with Crippen LogP contribution in [0.2, 0.25) is 0 Å². The fraction of sp³-hybridized carbons (Fsp3) is 0.267. The lowest BCUT2D eigenvalue weighted by molar-refractivity contribution is 0.103. The molecule has 0 bridgehead atoms. The van der Waals surface area contributed by atoms with E-state index >= 15 is 0 Å². The number of hydrogen-bond donors (Lipinski definition) is 0. The Morgan fingerprint density at radius 1 is 0.889 bits per heavy atom. The molecule has 2 heterocycles. The molecule has 6 heteroatoms. The molecule has 1 aliphatic heterocycles. The molecular weight excluding hydrogens is 450 g/mol. The van der Waals surface area contributed by atoms with Gasteiger partial charge in [-0.3, -0.25) is 14.7 Å². The SMILES string of the molecule is COc1cc2ncc(C(=O)c3ccc(C)cc3)c(N3CCN(Cc4ccccc4)CC3)c2cc1OC. The van der Waals surface area contributed by atoms with E-state index in [9.17, 15) is 4.79 Å². The van der Waals surface area contributed by atoms with Crippen molar-refractivity contribution in [3.8, 4) is 11.5 Å². The summed E-state index contributed by atoms with van der Waals surface area (Å²) in [5.74, 6) is 1.21. The highest BCUT2D eigenvalue weighted by atomic mass is 16.5. The van der Waals surface area contributed by atoms with E-state index in [0.717, 1.165) is 54.9 Å². The normalized spacial score (nSPS) is 14.1. The first-order valence-corrected chi connectivity index (χ1v) is 12.2. The fourth-order valence-electron chi connectivity index (χ4n) is 4.84. The van der Waals surface area contributed by atoms with Crippen molar-refractivity contribution in [2.45, 2.75) is 13.5 Å². The van der Waals surface area contributed by atoms with Crippen molar-refractivity contribution in [1.29, 1.82) is 0 Å². The van der Waals surface area contributed by atoms with Crippen LogP contribution in [0, 0.1) is 6.92 Å². The van der Waals surface area contributed by atoms with E-state index in [4.69, 9.17) is 9.47 Å². The molecule has 0 amide bonds. The predicted molar refractivity (Wildman–Crippen MR) is 143 cm³/mol. The topological polar surface area (TPSA) is 54.9 Å². The van der Waals surface area contributed by atoms with Crippen LogP contribution in [0.3, 0.4) is 0 Å². The Morgan fingerprint density at radius 3 is 2.22 bits per heavy atom. The molecule has 1 aliphatic rings. The van der Waals surface area contributed by atoms with Crippen molar-refractivity contribution in [3.05, 3.63) is 95.2 Å². The molecule has 0 atom stereocenters. The molecule has 0 radical (unpaired) electrons. The monoisotopic (exact) mass is 481 g/mol. The second-order valence-electron chi connectivity index (χ2n) is 9.19. The summed E-state index contributed by atoms with van der Waals surface area (Å²) in [4.78, 5) is 23.2. The van der Waals surface area contributed by atoms with Gasteiger partial charge in [0.2, 0.25) is 0 Å². The Kier molecular flexibility index (Phi) is 6.87. The van der Waals surface area contributed by atoms with Gasteiger partial charge < -0.3 is 14.4 Å². The number of benzene rings is 3. The van der Waals surface area contributed by atoms with E-state index in [-0.39, 0.29) is 5.78 Å². The van der Waals surface area contributed by atoms with Gasteiger partial charge in [0, 0.05) is 55.9 Å². The number of nitrogens with zero attached hydrogens (tertiary/aromatic N) is 3. The van der Waals surface area contributed by atoms with Gasteiger partial charge in [0.15, 0.2) is 17.3 Å². The van der Waals surface area contributed by atoms with E-state index < -0.39 is 0 Å². The van der Waals surface area contributed by atoms with Gasteiger partial charge in [-0.15, -0.1) is 0 Å². The molecule has 0 N–H and O–H groups in total. The first-order valence-electron chi connectivity index (χ1n) is 12.2. The van der Waals surface area contributed by atoms with Crippen LogP contribution in [0.4, 0.5) is 5.69 Å². The van der Waals surface area contributed by atoms with E-state index in [2.05, 4.69) is 39.0 Å². The van der Waals surface area contributed by atoms with Crippen LogP contribution in [0.25, 0.3) is 10.9 Å². The molecule has 184 valence electrons. The third-order valence-corrected chi connectivity index (χ3v) is 6.84. The van der Waals surface area contributed by atoms with Crippen molar-refractivity contribution in [2.24, 2.45) is 0 Å². The van der Waals surface area contributed by atoms with Crippen LogP contribution in [-0.2, 0) is 6.54 Å². The van der Waals surface area contributed by atoms with E-state index in [1.54, 1.807) is 20.4 Å². The van der Waals surface area contributed by atoms with Crippen LogP contribution in [0.15, 0.2) is 72.9 Å². The Morgan fingerprint density at radius 2 is 1.56 bits per heavy atom. The van der Waals surface area contributed by atoms with Crippen LogP contribution >= 0.6 is 0 Å². The largest absolute Gasteiger partial charge is 0.493 e. The average Bonchev–Trinajstić information content (AvgIpc) is 2.92. The third kappa shape index (κ3) is 4.77. The molecule has 4 aromatic rings. The van der Waals surface area contributed by atoms with Gasteiger partial charge in [0.25, 0.3) is 0 Å². The second-order valence-corrected chi connectivity index (χ2v) is 9.19. The predicted octanol–water partition coefficient (Wildman–Crippen LogP) is 5.11. The maximum atomic E-state index is 13.7. The van der Waals surface area contributed by atoms with Gasteiger partial charge in [0.1, 0.15) is 0 Å². The molecule has 5 rings (SSSR count). The molecule has 6 nitrogen and oxygen atoms in total. The average molecular weight is 482 g/mol. The van der Waals surface area contributed by atoms with Crippen molar-refractivity contribution in [3.63, 3.8) is 0 Å². The molecule has 1 saturated heterocycles. The summed E-state index contributed by atoms with van der Waals surface area (Å²) in [6, 6.07) is 22.1. The summed E-state index contributed by atoms with van der Waals surface area (Å²) in [5.41, 5.74) is 5.38. The molecular formula is C30H31N3O3. The first kappa shape index (κ1) is 23.8. The van der Waals surface area contributed by atoms with Gasteiger partial charge in [-0.1, -0.05) is 60.2 Å². The van der Waals surface area contributed by atoms with Crippen molar-refractivity contribution < 1.29 is 14.3 Å². The molecule has 0 saturated carbocycles. The maximum absolute atomic E-state index is 13.7. The number of ketones is 1. The number of anilines is 1. The zero-order valence-corrected chi connectivity index (χ0v) is 21.0. The molecule has 3 aromatic carbocycles. The molecule has 0 aliphatic carbocycles. The highest BCUT2D eigenvalue weighted by Crippen LogP contribution is 2.38. The van der Waals surface area contributed by atoms with Crippen molar-refractivity contribution in [1.82, 2.24) is 9.88 Å². The summed E-state index contributed by atoms with van der Waals surface area (Å²) < 4.78 is 11.1. The number of methoxy groups -OCH3 is 2. The summed E-state index contributed by atoms with van der Waals surface area (Å²) in [5, 5.41) is 0.891. The lowest BCUT2D eigenvalue weighted by Gasteiger charge is -2.37. The summed E-state index contributed by atoms with van der Waals surface area (Å²) in [6.07, 6.45) is 1.71. The lowest BCUT2D eigenvalue weighted by Crippen LogP contribution is -2.46. The van der Waals surface area contributed by atoms with E-state index in [0.29, 0.717) is 22.6 Å². The number of hydrogen-bond acceptors (Lipinski definition) is 6. The number of carbonyl (C=O) groups is 1. The minimum Gasteiger partial charge on any atom is -0.493 e. The summed E-state index contributed by atoms with van der Waals surface area (Å²) >= 11 is 0. The van der Waals surface area contributed by atoms with Crippen LogP contribution < -0.4 is 14.4 Å². The Labute approximate surface area is 212 Å². The van der Waals surface area contributed by atoms with Gasteiger partial charge in [-0.05, 0) is 18.6 Å². The number of ether oxygens (including phenoxy) is 2. The summed E-state index contributed by atoms with van der Waals surface area (Å²) in [7, 11) is 3.24. The standard InChI is InChI=1S/C30H31N3O3/c1-21-9-11-23(12-10-21)30(34)25-19-31-26-18-28(36-3)27(35-2)17-24(26)29(25)33-15-13-32(14-16-33)20-22-7-5-4-6-8-22/h4-12,17-19H,13-16,20H2,1-3H3. The Hall–Kier alpha value is -3.90. The number of aryl methyl sites for hydroxylation is 1. The fourth-order valence-corrected chi connectivity index (χ4v) is 4.84. The highest BCUT2D eigenvalue weighted by molar-refractivity contribution is 6.16. The number of aromatic nitrogens is 1. The Bertz CT molecular complexity index is 1360. The summed E-state index contributed by atoms with van der Waals surface area (Å²) in [6.45, 7) is 6.38. The molecule has 1 aromatic heterocycles. The third-order valence-electron chi connectivity index (χ3n) is 6.84. The number of pyridine rings is 1. The van der Waals surface area contributed by atoms with Gasteiger partial charge in [0.05, 0.1) is 31.0 Å². The van der Waals surface area contributed by atoms with E-state index in [1.165, 1.54) is 5.56 Å². The smallest absolute Gasteiger partial charge is 0.196 e. The minimum absolute atomic E-state index is 0.0269. The molecule has 0 unspecified atom stereocenters. The quantitative estimate of drug-likeness (QED) is 0.342. The van der Waals surface area contributed by atoms with Crippen LogP contribution in [-0.4, -0.2) is 56.1 Å². The lowest BCUT2D eigenvalue weighted by atomic mass is 9.98. The number of rotatable bonds is 7. The number of piperazine rings is 1. The molecule has 0 spiro atoms. The van der Waals surface area contributed by atoms with Crippen molar-refractivity contribution >= 4 is 22.4 Å². The minimum atomic E-state index is -0.0269. The van der Waals surface area contributed by atoms with Gasteiger partial charge in [-0.2, -0.15) is 0 Å². The highest BCUT2D eigenvalue weighted by Gasteiger charge is 2.26. The van der Waals surface area contributed by atoms with E-state index in [1.807, 2.05) is 49.4 Å². The number of fused-ring (bicyclic) bond motifs is 1. The zero-order valence-electron chi connectivity index (χ0n) is 21.0. The molecule has 36 heavy (non-hydrogen) atoms. The van der Waals surface area contributed by atoms with Gasteiger partial charge >= 0.3 is 0 Å².